The second kappa shape index (κ2) is 17.9. The summed E-state index contributed by atoms with van der Waals surface area (Å²) in [7, 11) is 0. The first-order valence-electron chi connectivity index (χ1n) is 17.1. The number of rotatable bonds is 16. The number of aliphatic hydroxyl groups is 1. The van der Waals surface area contributed by atoms with E-state index in [1.165, 1.54) is 33.4 Å². The van der Waals surface area contributed by atoms with Gasteiger partial charge in [0.1, 0.15) is 5.60 Å². The van der Waals surface area contributed by atoms with Gasteiger partial charge in [-0.3, -0.25) is 14.8 Å². The lowest BCUT2D eigenvalue weighted by molar-refractivity contribution is 0.0219. The van der Waals surface area contributed by atoms with Crippen LogP contribution in [0.5, 0.6) is 0 Å². The number of hydrogen-bond donors (Lipinski definition) is 1. The van der Waals surface area contributed by atoms with E-state index < -0.39 is 5.60 Å². The van der Waals surface area contributed by atoms with Crippen LogP contribution in [0.3, 0.4) is 0 Å². The zero-order chi connectivity index (χ0) is 34.5. The van der Waals surface area contributed by atoms with E-state index in [0.29, 0.717) is 32.6 Å². The van der Waals surface area contributed by atoms with Gasteiger partial charge in [-0.15, -0.1) is 0 Å². The van der Waals surface area contributed by atoms with E-state index in [1.54, 1.807) is 4.90 Å². The molecule has 0 saturated carbocycles. The highest BCUT2D eigenvalue weighted by molar-refractivity contribution is 5.68. The Bertz CT molecular complexity index is 1550. The molecule has 0 radical (unpaired) electrons. The molecule has 1 aromatic heterocycles. The Morgan fingerprint density at radius 2 is 1.10 bits per heavy atom. The number of benzene rings is 3. The van der Waals surface area contributed by atoms with Crippen molar-refractivity contribution in [3.63, 3.8) is 0 Å². The molecular formula is C41H54N4O3. The van der Waals surface area contributed by atoms with Crippen molar-refractivity contribution in [1.29, 1.82) is 0 Å². The minimum absolute atomic E-state index is 0.0216. The Kier molecular flexibility index (Phi) is 13.7. The maximum absolute atomic E-state index is 13.1. The molecule has 1 heterocycles. The molecule has 0 aliphatic heterocycles. The van der Waals surface area contributed by atoms with E-state index in [0.717, 1.165) is 37.6 Å². The van der Waals surface area contributed by atoms with Crippen LogP contribution in [0.4, 0.5) is 4.79 Å². The summed E-state index contributed by atoms with van der Waals surface area (Å²) < 4.78 is 5.70. The van der Waals surface area contributed by atoms with E-state index in [1.807, 2.05) is 20.8 Å². The monoisotopic (exact) mass is 650 g/mol. The van der Waals surface area contributed by atoms with Crippen molar-refractivity contribution < 1.29 is 14.6 Å². The Balaban J connectivity index is 1.54. The topological polar surface area (TPSA) is 69.1 Å². The molecule has 7 heteroatoms. The van der Waals surface area contributed by atoms with Crippen LogP contribution in [0.1, 0.15) is 72.0 Å². The smallest absolute Gasteiger partial charge is 0.410 e. The van der Waals surface area contributed by atoms with E-state index in [2.05, 4.69) is 122 Å². The fraction of sp³-hybridized carbons (Fsp3) is 0.415. The Labute approximate surface area is 288 Å². The number of carbonyl (C=O) groups excluding carboxylic acids is 1. The number of aryl methyl sites for hydroxylation is 3. The molecule has 4 rings (SSSR count). The first kappa shape index (κ1) is 36.8. The fourth-order valence-corrected chi connectivity index (χ4v) is 5.90. The number of ether oxygens (including phenoxy) is 1. The Morgan fingerprint density at radius 3 is 1.56 bits per heavy atom. The third-order valence-electron chi connectivity index (χ3n) is 8.03. The summed E-state index contributed by atoms with van der Waals surface area (Å²) in [4.78, 5) is 24.8. The third kappa shape index (κ3) is 12.9. The minimum atomic E-state index is -0.591. The number of aliphatic hydroxyl groups excluding tert-OH is 1. The number of pyridine rings is 1. The summed E-state index contributed by atoms with van der Waals surface area (Å²) >= 11 is 0. The van der Waals surface area contributed by atoms with Crippen molar-refractivity contribution in [3.8, 4) is 0 Å². The van der Waals surface area contributed by atoms with Gasteiger partial charge in [0.15, 0.2) is 0 Å². The minimum Gasteiger partial charge on any atom is -0.444 e. The van der Waals surface area contributed by atoms with Crippen LogP contribution in [-0.2, 0) is 37.5 Å². The predicted octanol–water partition coefficient (Wildman–Crippen LogP) is 7.83. The molecule has 0 bridgehead atoms. The van der Waals surface area contributed by atoms with E-state index >= 15 is 0 Å². The zero-order valence-corrected chi connectivity index (χ0v) is 29.8. The molecule has 256 valence electrons. The maximum atomic E-state index is 13.1. The summed E-state index contributed by atoms with van der Waals surface area (Å²) in [6.45, 7) is 17.3. The van der Waals surface area contributed by atoms with Crippen LogP contribution < -0.4 is 0 Å². The number of amides is 1. The average Bonchev–Trinajstić information content (AvgIpc) is 3.00. The number of nitrogens with zero attached hydrogens (tertiary/aromatic N) is 4. The van der Waals surface area contributed by atoms with Crippen molar-refractivity contribution >= 4 is 6.09 Å². The normalized spacial score (nSPS) is 11.7. The SMILES string of the molecule is Cc1cccc(CN(CCN(CCCO)C(=O)OC(C)(C)C)Cc2cccc(CN(Cc3cccc(C)c3)Cc3cccc(C)c3)n2)c1. The van der Waals surface area contributed by atoms with Gasteiger partial charge in [0, 0.05) is 59.0 Å². The lowest BCUT2D eigenvalue weighted by atomic mass is 10.1. The first-order chi connectivity index (χ1) is 23.0. The molecule has 4 aromatic rings. The molecule has 0 unspecified atom stereocenters. The predicted molar refractivity (Wildman–Crippen MR) is 194 cm³/mol. The molecule has 48 heavy (non-hydrogen) atoms. The van der Waals surface area contributed by atoms with Crippen LogP contribution >= 0.6 is 0 Å². The molecule has 7 nitrogen and oxygen atoms in total. The number of carbonyl (C=O) groups is 1. The molecular weight excluding hydrogens is 596 g/mol. The van der Waals surface area contributed by atoms with Crippen LogP contribution in [0.15, 0.2) is 91.0 Å². The van der Waals surface area contributed by atoms with Gasteiger partial charge in [-0.25, -0.2) is 4.79 Å². The van der Waals surface area contributed by atoms with Crippen molar-refractivity contribution in [2.75, 3.05) is 26.2 Å². The van der Waals surface area contributed by atoms with E-state index in [9.17, 15) is 9.90 Å². The second-order valence-corrected chi connectivity index (χ2v) is 14.0. The highest BCUT2D eigenvalue weighted by Crippen LogP contribution is 2.18. The van der Waals surface area contributed by atoms with Gasteiger partial charge in [-0.1, -0.05) is 95.6 Å². The first-order valence-corrected chi connectivity index (χ1v) is 17.1. The van der Waals surface area contributed by atoms with E-state index in [4.69, 9.17) is 9.72 Å². The van der Waals surface area contributed by atoms with Gasteiger partial charge in [0.05, 0.1) is 11.4 Å². The summed E-state index contributed by atoms with van der Waals surface area (Å²) in [5.74, 6) is 0. The molecule has 0 saturated heterocycles. The van der Waals surface area contributed by atoms with Gasteiger partial charge in [0.25, 0.3) is 0 Å². The maximum Gasteiger partial charge on any atom is 0.410 e. The van der Waals surface area contributed by atoms with Crippen LogP contribution in [-0.4, -0.2) is 62.7 Å². The average molecular weight is 651 g/mol. The van der Waals surface area contributed by atoms with Crippen molar-refractivity contribution in [3.05, 3.63) is 136 Å². The molecule has 0 spiro atoms. The Morgan fingerprint density at radius 1 is 0.646 bits per heavy atom. The van der Waals surface area contributed by atoms with Gasteiger partial charge in [-0.2, -0.15) is 0 Å². The second-order valence-electron chi connectivity index (χ2n) is 14.0. The van der Waals surface area contributed by atoms with Gasteiger partial charge < -0.3 is 14.7 Å². The third-order valence-corrected chi connectivity index (χ3v) is 8.03. The van der Waals surface area contributed by atoms with Crippen molar-refractivity contribution in [1.82, 2.24) is 19.7 Å². The van der Waals surface area contributed by atoms with Crippen LogP contribution in [0, 0.1) is 20.8 Å². The lowest BCUT2D eigenvalue weighted by Crippen LogP contribution is -2.42. The fourth-order valence-electron chi connectivity index (χ4n) is 5.90. The lowest BCUT2D eigenvalue weighted by Gasteiger charge is -2.30. The quantitative estimate of drug-likeness (QED) is 0.133. The number of aromatic nitrogens is 1. The number of hydrogen-bond acceptors (Lipinski definition) is 6. The highest BCUT2D eigenvalue weighted by Gasteiger charge is 2.23. The summed E-state index contributed by atoms with van der Waals surface area (Å²) in [5, 5.41) is 9.50. The molecule has 0 atom stereocenters. The van der Waals surface area contributed by atoms with Crippen LogP contribution in [0.2, 0.25) is 0 Å². The zero-order valence-electron chi connectivity index (χ0n) is 29.8. The van der Waals surface area contributed by atoms with Gasteiger partial charge >= 0.3 is 6.09 Å². The van der Waals surface area contributed by atoms with Gasteiger partial charge in [0.2, 0.25) is 0 Å². The highest BCUT2D eigenvalue weighted by atomic mass is 16.6. The Hall–Kier alpha value is -4.04. The van der Waals surface area contributed by atoms with E-state index in [-0.39, 0.29) is 12.7 Å². The molecule has 3 aromatic carbocycles. The molecule has 0 fully saturated rings. The summed E-state index contributed by atoms with van der Waals surface area (Å²) in [6.07, 6.45) is 0.149. The molecule has 1 amide bonds. The molecule has 0 aliphatic carbocycles. The van der Waals surface area contributed by atoms with Crippen molar-refractivity contribution in [2.24, 2.45) is 0 Å². The van der Waals surface area contributed by atoms with Gasteiger partial charge in [-0.05, 0) is 76.8 Å². The van der Waals surface area contributed by atoms with Crippen LogP contribution in [0.25, 0.3) is 0 Å². The molecule has 1 N–H and O–H groups in total. The summed E-state index contributed by atoms with van der Waals surface area (Å²) in [5.41, 5.74) is 8.97. The largest absolute Gasteiger partial charge is 0.444 e. The molecule has 0 aliphatic rings. The van der Waals surface area contributed by atoms with Crippen molar-refractivity contribution in [2.45, 2.75) is 86.3 Å². The summed E-state index contributed by atoms with van der Waals surface area (Å²) in [6, 6.07) is 32.3. The standard InChI is InChI=1S/C41H54N4O3/c1-32-12-7-15-35(24-32)27-43(21-22-45(20-11-23-46)40(47)48-41(4,5)6)30-38-18-10-19-39(42-38)31-44(28-36-16-8-13-33(2)25-36)29-37-17-9-14-34(3)26-37/h7-10,12-19,24-26,46H,11,20-23,27-31H2,1-6H3.